The first kappa shape index (κ1) is 20.5. The van der Waals surface area contributed by atoms with Gasteiger partial charge < -0.3 is 9.47 Å². The van der Waals surface area contributed by atoms with E-state index in [1.807, 2.05) is 0 Å². The van der Waals surface area contributed by atoms with E-state index in [9.17, 15) is 19.3 Å². The quantitative estimate of drug-likeness (QED) is 0.589. The van der Waals surface area contributed by atoms with Gasteiger partial charge in [0.25, 0.3) is 5.69 Å². The van der Waals surface area contributed by atoms with E-state index >= 15 is 0 Å². The molecule has 1 aromatic carbocycles. The predicted octanol–water partition coefficient (Wildman–Crippen LogP) is 3.59. The van der Waals surface area contributed by atoms with Crippen LogP contribution in [0.15, 0.2) is 23.2 Å². The summed E-state index contributed by atoms with van der Waals surface area (Å²) in [4.78, 5) is 27.4. The van der Waals surface area contributed by atoms with Gasteiger partial charge in [-0.1, -0.05) is 11.8 Å². The maximum Gasteiger partial charge on any atom is 0.413 e. The Labute approximate surface area is 166 Å². The average molecular weight is 411 g/mol. The van der Waals surface area contributed by atoms with Crippen molar-refractivity contribution in [1.82, 2.24) is 5.32 Å². The fourth-order valence-corrected chi connectivity index (χ4v) is 4.46. The van der Waals surface area contributed by atoms with Crippen LogP contribution < -0.4 is 5.32 Å². The SMILES string of the molecule is CC(C)(C)OC(=O)NC1=N[C@@]2(c3cc([N+](=O)[O-])ccc3F)CCOCC2CS1. The van der Waals surface area contributed by atoms with Crippen molar-refractivity contribution >= 4 is 28.7 Å². The van der Waals surface area contributed by atoms with E-state index in [2.05, 4.69) is 10.3 Å². The predicted molar refractivity (Wildman–Crippen MR) is 103 cm³/mol. The minimum absolute atomic E-state index is 0.152. The summed E-state index contributed by atoms with van der Waals surface area (Å²) in [5.74, 6) is -0.215. The number of thioether (sulfide) groups is 1. The number of rotatable bonds is 2. The first-order valence-electron chi connectivity index (χ1n) is 8.85. The minimum Gasteiger partial charge on any atom is -0.444 e. The molecule has 28 heavy (non-hydrogen) atoms. The van der Waals surface area contributed by atoms with Gasteiger partial charge in [0, 0.05) is 42.4 Å². The lowest BCUT2D eigenvalue weighted by Gasteiger charge is -2.44. The summed E-state index contributed by atoms with van der Waals surface area (Å²) in [5, 5.41) is 14.1. The first-order chi connectivity index (χ1) is 13.1. The first-order valence-corrected chi connectivity index (χ1v) is 9.84. The number of alkyl carbamates (subject to hydrolysis) is 1. The maximum atomic E-state index is 14.7. The van der Waals surface area contributed by atoms with Crippen LogP contribution in [0.5, 0.6) is 0 Å². The van der Waals surface area contributed by atoms with Crippen molar-refractivity contribution < 1.29 is 23.6 Å². The molecule has 152 valence electrons. The third kappa shape index (κ3) is 4.27. The number of nitro benzene ring substituents is 1. The van der Waals surface area contributed by atoms with Crippen molar-refractivity contribution in [2.45, 2.75) is 38.3 Å². The molecule has 10 heteroatoms. The van der Waals surface area contributed by atoms with Gasteiger partial charge in [0.1, 0.15) is 11.4 Å². The van der Waals surface area contributed by atoms with Gasteiger partial charge in [0.15, 0.2) is 5.17 Å². The summed E-state index contributed by atoms with van der Waals surface area (Å²) >= 11 is 1.31. The van der Waals surface area contributed by atoms with Crippen LogP contribution in [0.3, 0.4) is 0 Å². The minimum atomic E-state index is -1.04. The number of non-ortho nitro benzene ring substituents is 1. The Kier molecular flexibility index (Phi) is 5.62. The van der Waals surface area contributed by atoms with Crippen molar-refractivity contribution in [3.05, 3.63) is 39.7 Å². The number of ether oxygens (including phenoxy) is 2. The molecule has 2 aliphatic heterocycles. The molecule has 0 bridgehead atoms. The van der Waals surface area contributed by atoms with Crippen LogP contribution in [0.25, 0.3) is 0 Å². The number of carbonyl (C=O) groups is 1. The number of nitrogens with one attached hydrogen (secondary N) is 1. The number of benzene rings is 1. The van der Waals surface area contributed by atoms with Crippen LogP contribution in [-0.4, -0.2) is 40.8 Å². The molecular weight excluding hydrogens is 389 g/mol. The van der Waals surface area contributed by atoms with E-state index < -0.39 is 28.0 Å². The van der Waals surface area contributed by atoms with Crippen LogP contribution >= 0.6 is 11.8 Å². The topological polar surface area (TPSA) is 103 Å². The van der Waals surface area contributed by atoms with E-state index in [1.54, 1.807) is 20.8 Å². The van der Waals surface area contributed by atoms with E-state index in [0.717, 1.165) is 12.1 Å². The number of halogens is 1. The number of carbonyl (C=O) groups excluding carboxylic acids is 1. The van der Waals surface area contributed by atoms with Crippen molar-refractivity contribution in [2.75, 3.05) is 19.0 Å². The van der Waals surface area contributed by atoms with Crippen molar-refractivity contribution in [3.8, 4) is 0 Å². The second-order valence-electron chi connectivity index (χ2n) is 7.72. The lowest BCUT2D eigenvalue weighted by atomic mass is 9.75. The van der Waals surface area contributed by atoms with E-state index in [0.29, 0.717) is 30.6 Å². The Morgan fingerprint density at radius 2 is 2.25 bits per heavy atom. The maximum absolute atomic E-state index is 14.7. The van der Waals surface area contributed by atoms with Gasteiger partial charge in [0.2, 0.25) is 0 Å². The monoisotopic (exact) mass is 411 g/mol. The number of nitro groups is 1. The highest BCUT2D eigenvalue weighted by molar-refractivity contribution is 8.13. The fraction of sp³-hybridized carbons (Fsp3) is 0.556. The van der Waals surface area contributed by atoms with E-state index in [4.69, 9.17) is 9.47 Å². The summed E-state index contributed by atoms with van der Waals surface area (Å²) < 4.78 is 25.5. The van der Waals surface area contributed by atoms with Crippen LogP contribution in [0, 0.1) is 21.8 Å². The number of fused-ring (bicyclic) bond motifs is 1. The molecule has 2 atom stereocenters. The number of amides is 1. The summed E-state index contributed by atoms with van der Waals surface area (Å²) in [6.45, 7) is 5.94. The van der Waals surface area contributed by atoms with Crippen molar-refractivity contribution in [1.29, 1.82) is 0 Å². The molecule has 0 spiro atoms. The Hall–Kier alpha value is -2.20. The Morgan fingerprint density at radius 3 is 2.93 bits per heavy atom. The van der Waals surface area contributed by atoms with Crippen molar-refractivity contribution in [3.63, 3.8) is 0 Å². The lowest BCUT2D eigenvalue weighted by Crippen LogP contribution is -2.48. The fourth-order valence-electron chi connectivity index (χ4n) is 3.35. The highest BCUT2D eigenvalue weighted by atomic mass is 32.2. The normalized spacial score (nSPS) is 24.7. The Balaban J connectivity index is 2.00. The molecule has 2 heterocycles. The van der Waals surface area contributed by atoms with Crippen LogP contribution in [0.4, 0.5) is 14.9 Å². The second-order valence-corrected chi connectivity index (χ2v) is 8.73. The molecule has 2 aliphatic rings. The molecule has 1 unspecified atom stereocenters. The molecule has 3 rings (SSSR count). The summed E-state index contributed by atoms with van der Waals surface area (Å²) in [6.07, 6.45) is -0.297. The number of nitrogens with zero attached hydrogens (tertiary/aromatic N) is 2. The Bertz CT molecular complexity index is 826. The highest BCUT2D eigenvalue weighted by Gasteiger charge is 2.48. The number of hydrogen-bond donors (Lipinski definition) is 1. The smallest absolute Gasteiger partial charge is 0.413 e. The highest BCUT2D eigenvalue weighted by Crippen LogP contribution is 2.46. The van der Waals surface area contributed by atoms with Crippen LogP contribution in [0.1, 0.15) is 32.8 Å². The lowest BCUT2D eigenvalue weighted by molar-refractivity contribution is -0.385. The zero-order chi connectivity index (χ0) is 20.5. The largest absolute Gasteiger partial charge is 0.444 e. The van der Waals surface area contributed by atoms with Gasteiger partial charge in [0.05, 0.1) is 17.1 Å². The number of amidine groups is 1. The van der Waals surface area contributed by atoms with Crippen molar-refractivity contribution in [2.24, 2.45) is 10.9 Å². The molecule has 0 aliphatic carbocycles. The van der Waals surface area contributed by atoms with Crippen LogP contribution in [-0.2, 0) is 15.0 Å². The molecule has 0 radical (unpaired) electrons. The molecule has 1 N–H and O–H groups in total. The van der Waals surface area contributed by atoms with Gasteiger partial charge >= 0.3 is 6.09 Å². The summed E-state index contributed by atoms with van der Waals surface area (Å²) in [5.41, 5.74) is -1.76. The number of aliphatic imine (C=N–C) groups is 1. The third-order valence-electron chi connectivity index (χ3n) is 4.58. The zero-order valence-electron chi connectivity index (χ0n) is 15.9. The molecule has 1 saturated heterocycles. The molecule has 1 aromatic rings. The summed E-state index contributed by atoms with van der Waals surface area (Å²) in [7, 11) is 0. The van der Waals surface area contributed by atoms with Gasteiger partial charge in [-0.2, -0.15) is 0 Å². The molecule has 0 aromatic heterocycles. The number of hydrogen-bond acceptors (Lipinski definition) is 7. The Morgan fingerprint density at radius 1 is 1.50 bits per heavy atom. The zero-order valence-corrected chi connectivity index (χ0v) is 16.7. The standard InChI is InChI=1S/C18H22FN3O5S/c1-17(2,3)27-16(23)20-15-21-18(6-7-26-9-11(18)10-28-15)13-8-12(22(24)25)4-5-14(13)19/h4-5,8,11H,6-7,9-10H2,1-3H3,(H,20,21,23)/t11?,18-/m0/s1. The molecule has 8 nitrogen and oxygen atoms in total. The second kappa shape index (κ2) is 7.67. The van der Waals surface area contributed by atoms with Gasteiger partial charge in [-0.3, -0.25) is 20.4 Å². The van der Waals surface area contributed by atoms with Gasteiger partial charge in [-0.05, 0) is 26.8 Å². The third-order valence-corrected chi connectivity index (χ3v) is 5.62. The average Bonchev–Trinajstić information content (AvgIpc) is 2.59. The molecule has 0 saturated carbocycles. The van der Waals surface area contributed by atoms with E-state index in [-0.39, 0.29) is 17.2 Å². The van der Waals surface area contributed by atoms with Gasteiger partial charge in [-0.15, -0.1) is 0 Å². The van der Waals surface area contributed by atoms with E-state index in [1.165, 1.54) is 17.8 Å². The summed E-state index contributed by atoms with van der Waals surface area (Å²) in [6, 6.07) is 3.45. The van der Waals surface area contributed by atoms with Crippen LogP contribution in [0.2, 0.25) is 0 Å². The molecule has 1 fully saturated rings. The van der Waals surface area contributed by atoms with Gasteiger partial charge in [-0.25, -0.2) is 9.18 Å². The molecular formula is C18H22FN3O5S. The molecule has 1 amide bonds.